The van der Waals surface area contributed by atoms with Gasteiger partial charge in [-0.1, -0.05) is 0 Å². The van der Waals surface area contributed by atoms with Crippen molar-refractivity contribution in [3.8, 4) is 0 Å². The minimum atomic E-state index is -2.98. The fourth-order valence-corrected chi connectivity index (χ4v) is 3.78. The lowest BCUT2D eigenvalue weighted by molar-refractivity contribution is -0.0554. The number of alkyl halides is 4. The average molecular weight is 468 g/mol. The second kappa shape index (κ2) is 8.61. The van der Waals surface area contributed by atoms with Gasteiger partial charge in [0, 0.05) is 30.9 Å². The number of anilines is 2. The molecule has 1 saturated carbocycles. The van der Waals surface area contributed by atoms with Gasteiger partial charge >= 0.3 is 0 Å². The van der Waals surface area contributed by atoms with Crippen molar-refractivity contribution in [1.29, 1.82) is 0 Å². The molecule has 1 aliphatic rings. The van der Waals surface area contributed by atoms with Gasteiger partial charge in [0.2, 0.25) is 0 Å². The zero-order valence-corrected chi connectivity index (χ0v) is 18.0. The Balaban J connectivity index is 1.58. The molecule has 1 fully saturated rings. The number of amides is 1. The van der Waals surface area contributed by atoms with Crippen molar-refractivity contribution in [3.05, 3.63) is 35.9 Å². The third-order valence-electron chi connectivity index (χ3n) is 5.64. The Labute approximate surface area is 186 Å². The Morgan fingerprint density at radius 1 is 1.33 bits per heavy atom. The van der Waals surface area contributed by atoms with Gasteiger partial charge in [-0.2, -0.15) is 10.2 Å². The first-order valence-corrected chi connectivity index (χ1v) is 10.5. The number of rotatable bonds is 6. The summed E-state index contributed by atoms with van der Waals surface area (Å²) in [7, 11) is 0. The lowest BCUT2D eigenvalue weighted by Gasteiger charge is -2.36. The lowest BCUT2D eigenvalue weighted by Crippen LogP contribution is -2.55. The van der Waals surface area contributed by atoms with Gasteiger partial charge in [0.1, 0.15) is 11.4 Å². The lowest BCUT2D eigenvalue weighted by atomic mass is 9.87. The number of nitrogens with two attached hydrogens (primary N) is 1. The highest BCUT2D eigenvalue weighted by molar-refractivity contribution is 6.08. The SMILES string of the molecule is CC(C)n1cc(NC(=O)c2cnn3ccc(N[C@@H]4CCCC(F)(F)[C@@H]4N)nc23)c(C(F)F)n1. The van der Waals surface area contributed by atoms with Gasteiger partial charge < -0.3 is 16.4 Å². The summed E-state index contributed by atoms with van der Waals surface area (Å²) in [6.45, 7) is 3.54. The largest absolute Gasteiger partial charge is 0.365 e. The van der Waals surface area contributed by atoms with E-state index in [0.717, 1.165) is 0 Å². The molecule has 178 valence electrons. The summed E-state index contributed by atoms with van der Waals surface area (Å²) in [6, 6.07) is -0.719. The monoisotopic (exact) mass is 468 g/mol. The van der Waals surface area contributed by atoms with E-state index in [9.17, 15) is 22.4 Å². The van der Waals surface area contributed by atoms with Crippen molar-refractivity contribution in [2.24, 2.45) is 5.73 Å². The van der Waals surface area contributed by atoms with Crippen LogP contribution in [0.3, 0.4) is 0 Å². The van der Waals surface area contributed by atoms with Crippen molar-refractivity contribution >= 4 is 23.1 Å². The van der Waals surface area contributed by atoms with E-state index in [2.05, 4.69) is 25.8 Å². The fourth-order valence-electron chi connectivity index (χ4n) is 3.78. The van der Waals surface area contributed by atoms with Gasteiger partial charge in [0.25, 0.3) is 18.3 Å². The van der Waals surface area contributed by atoms with E-state index >= 15 is 0 Å². The summed E-state index contributed by atoms with van der Waals surface area (Å²) in [5.41, 5.74) is 5.22. The molecule has 0 aromatic carbocycles. The average Bonchev–Trinajstić information content (AvgIpc) is 3.35. The number of aromatic nitrogens is 5. The second-order valence-electron chi connectivity index (χ2n) is 8.33. The summed E-state index contributed by atoms with van der Waals surface area (Å²) in [4.78, 5) is 17.2. The first kappa shape index (κ1) is 23.0. The number of fused-ring (bicyclic) bond motifs is 1. The molecule has 0 spiro atoms. The molecule has 2 atom stereocenters. The van der Waals surface area contributed by atoms with Gasteiger partial charge in [-0.05, 0) is 32.8 Å². The van der Waals surface area contributed by atoms with E-state index in [-0.39, 0.29) is 35.2 Å². The Hall–Kier alpha value is -3.22. The van der Waals surface area contributed by atoms with Crippen LogP contribution < -0.4 is 16.4 Å². The van der Waals surface area contributed by atoms with Crippen molar-refractivity contribution in [2.75, 3.05) is 10.6 Å². The maximum absolute atomic E-state index is 14.0. The minimum Gasteiger partial charge on any atom is -0.365 e. The standard InChI is InChI=1S/C20H24F4N8O/c1-10(2)32-9-13(15(30-32)17(21)22)28-19(33)11-8-26-31-7-5-14(29-18(11)31)27-12-4-3-6-20(23,24)16(12)25/h5,7-10,12,16-17H,3-4,6,25H2,1-2H3,(H,27,29)(H,28,33)/t12-,16-/m1/s1. The molecule has 4 N–H and O–H groups in total. The van der Waals surface area contributed by atoms with Crippen LogP contribution in [0.1, 0.15) is 61.6 Å². The highest BCUT2D eigenvalue weighted by Crippen LogP contribution is 2.34. The van der Waals surface area contributed by atoms with Gasteiger partial charge in [-0.25, -0.2) is 27.1 Å². The molecule has 3 aromatic heterocycles. The fraction of sp³-hybridized carbons (Fsp3) is 0.500. The molecular weight excluding hydrogens is 444 g/mol. The molecule has 9 nitrogen and oxygen atoms in total. The molecule has 3 aromatic rings. The number of carbonyl (C=O) groups excluding carboxylic acids is 1. The third-order valence-corrected chi connectivity index (χ3v) is 5.64. The topological polar surface area (TPSA) is 115 Å². The smallest absolute Gasteiger partial charge is 0.284 e. The Kier molecular flexibility index (Phi) is 5.99. The van der Waals surface area contributed by atoms with E-state index in [4.69, 9.17) is 5.73 Å². The molecular formula is C20H24F4N8O. The molecule has 0 unspecified atom stereocenters. The van der Waals surface area contributed by atoms with Crippen LogP contribution in [-0.4, -0.2) is 48.3 Å². The van der Waals surface area contributed by atoms with E-state index in [0.29, 0.717) is 12.8 Å². The summed E-state index contributed by atoms with van der Waals surface area (Å²) >= 11 is 0. The van der Waals surface area contributed by atoms with Gasteiger partial charge in [-0.15, -0.1) is 0 Å². The molecule has 1 aliphatic carbocycles. The highest BCUT2D eigenvalue weighted by atomic mass is 19.3. The van der Waals surface area contributed by atoms with Crippen molar-refractivity contribution in [2.45, 2.75) is 63.6 Å². The van der Waals surface area contributed by atoms with E-state index < -0.39 is 36.0 Å². The molecule has 3 heterocycles. The number of nitrogens with zero attached hydrogens (tertiary/aromatic N) is 5. The number of hydrogen-bond acceptors (Lipinski definition) is 6. The molecule has 0 aliphatic heterocycles. The molecule has 13 heteroatoms. The predicted molar refractivity (Wildman–Crippen MR) is 113 cm³/mol. The van der Waals surface area contributed by atoms with E-state index in [1.54, 1.807) is 13.8 Å². The summed E-state index contributed by atoms with van der Waals surface area (Å²) in [5, 5.41) is 13.3. The van der Waals surface area contributed by atoms with Gasteiger partial charge in [0.15, 0.2) is 11.3 Å². The summed E-state index contributed by atoms with van der Waals surface area (Å²) in [5.74, 6) is -3.44. The van der Waals surface area contributed by atoms with Crippen LogP contribution in [0.15, 0.2) is 24.7 Å². The first-order chi connectivity index (χ1) is 15.6. The zero-order chi connectivity index (χ0) is 23.9. The van der Waals surface area contributed by atoms with Crippen molar-refractivity contribution in [3.63, 3.8) is 0 Å². The van der Waals surface area contributed by atoms with E-state index in [1.165, 1.54) is 33.9 Å². The quantitative estimate of drug-likeness (QED) is 0.476. The van der Waals surface area contributed by atoms with Crippen molar-refractivity contribution in [1.82, 2.24) is 24.4 Å². The van der Waals surface area contributed by atoms with Gasteiger partial charge in [0.05, 0.1) is 17.9 Å². The Morgan fingerprint density at radius 3 is 2.79 bits per heavy atom. The first-order valence-electron chi connectivity index (χ1n) is 10.5. The Morgan fingerprint density at radius 2 is 2.09 bits per heavy atom. The van der Waals surface area contributed by atoms with Crippen molar-refractivity contribution < 1.29 is 22.4 Å². The highest BCUT2D eigenvalue weighted by Gasteiger charge is 2.44. The zero-order valence-electron chi connectivity index (χ0n) is 18.0. The molecule has 33 heavy (non-hydrogen) atoms. The minimum absolute atomic E-state index is 0.0226. The summed E-state index contributed by atoms with van der Waals surface area (Å²) < 4.78 is 57.3. The van der Waals surface area contributed by atoms with Crippen LogP contribution >= 0.6 is 0 Å². The van der Waals surface area contributed by atoms with Crippen LogP contribution in [0.5, 0.6) is 0 Å². The van der Waals surface area contributed by atoms with Crippen LogP contribution in [0.25, 0.3) is 5.65 Å². The van der Waals surface area contributed by atoms with Gasteiger partial charge in [-0.3, -0.25) is 9.48 Å². The maximum atomic E-state index is 14.0. The van der Waals surface area contributed by atoms with Crippen LogP contribution in [0.2, 0.25) is 0 Å². The van der Waals surface area contributed by atoms with Crippen LogP contribution in [-0.2, 0) is 0 Å². The molecule has 1 amide bonds. The predicted octanol–water partition coefficient (Wildman–Crippen LogP) is 3.62. The third kappa shape index (κ3) is 4.49. The molecule has 4 rings (SSSR count). The van der Waals surface area contributed by atoms with Crippen LogP contribution in [0, 0.1) is 0 Å². The second-order valence-corrected chi connectivity index (χ2v) is 8.33. The number of halogens is 4. The van der Waals surface area contributed by atoms with E-state index in [1.807, 2.05) is 0 Å². The number of carbonyl (C=O) groups is 1. The van der Waals surface area contributed by atoms with Crippen LogP contribution in [0.4, 0.5) is 29.1 Å². The maximum Gasteiger partial charge on any atom is 0.284 e. The summed E-state index contributed by atoms with van der Waals surface area (Å²) in [6.07, 6.45) is 1.72. The molecule has 0 saturated heterocycles. The number of nitrogens with one attached hydrogen (secondary N) is 2. The number of hydrogen-bond donors (Lipinski definition) is 3. The Bertz CT molecular complexity index is 1160. The molecule has 0 bridgehead atoms. The normalized spacial score (nSPS) is 20.5. The molecule has 0 radical (unpaired) electrons.